The van der Waals surface area contributed by atoms with Gasteiger partial charge in [0.2, 0.25) is 0 Å². The molecular formula is C46H28N2O. The van der Waals surface area contributed by atoms with Gasteiger partial charge in [-0.2, -0.15) is 0 Å². The van der Waals surface area contributed by atoms with Crippen LogP contribution in [0.25, 0.3) is 99.3 Å². The first-order valence-electron chi connectivity index (χ1n) is 16.6. The maximum atomic E-state index is 6.19. The molecule has 0 unspecified atom stereocenters. The fraction of sp³-hybridized carbons (Fsp3) is 0. The molecule has 10 rings (SSSR count). The first-order valence-corrected chi connectivity index (χ1v) is 16.6. The molecule has 0 spiro atoms. The molecule has 3 heteroatoms. The lowest BCUT2D eigenvalue weighted by Gasteiger charge is -2.16. The minimum absolute atomic E-state index is 0.703. The summed E-state index contributed by atoms with van der Waals surface area (Å²) in [6.07, 6.45) is 0. The van der Waals surface area contributed by atoms with Gasteiger partial charge in [-0.05, 0) is 73.8 Å². The number of furan rings is 1. The highest BCUT2D eigenvalue weighted by molar-refractivity contribution is 6.21. The maximum absolute atomic E-state index is 6.19. The van der Waals surface area contributed by atoms with Gasteiger partial charge in [-0.25, -0.2) is 9.97 Å². The van der Waals surface area contributed by atoms with Crippen LogP contribution < -0.4 is 0 Å². The molecular weight excluding hydrogens is 597 g/mol. The largest absolute Gasteiger partial charge is 0.456 e. The van der Waals surface area contributed by atoms with E-state index in [2.05, 4.69) is 140 Å². The van der Waals surface area contributed by atoms with Crippen molar-refractivity contribution in [3.63, 3.8) is 0 Å². The lowest BCUT2D eigenvalue weighted by atomic mass is 9.90. The van der Waals surface area contributed by atoms with Gasteiger partial charge in [0, 0.05) is 27.5 Å². The predicted molar refractivity (Wildman–Crippen MR) is 204 cm³/mol. The molecule has 0 aliphatic carbocycles. The number of hydrogen-bond donors (Lipinski definition) is 0. The molecule has 2 aromatic heterocycles. The predicted octanol–water partition coefficient (Wildman–Crippen LogP) is 12.5. The summed E-state index contributed by atoms with van der Waals surface area (Å²) < 4.78 is 6.19. The Morgan fingerprint density at radius 3 is 1.84 bits per heavy atom. The molecule has 2 heterocycles. The summed E-state index contributed by atoms with van der Waals surface area (Å²) in [5.74, 6) is 0.703. The monoisotopic (exact) mass is 624 g/mol. The van der Waals surface area contributed by atoms with Crippen LogP contribution in [0.5, 0.6) is 0 Å². The summed E-state index contributed by atoms with van der Waals surface area (Å²) in [6, 6.07) is 59.7. The molecule has 228 valence electrons. The van der Waals surface area contributed by atoms with Gasteiger partial charge < -0.3 is 4.42 Å². The Morgan fingerprint density at radius 1 is 0.347 bits per heavy atom. The van der Waals surface area contributed by atoms with Crippen molar-refractivity contribution in [1.29, 1.82) is 0 Å². The van der Waals surface area contributed by atoms with E-state index in [1.165, 1.54) is 32.3 Å². The number of para-hydroxylation sites is 1. The molecule has 49 heavy (non-hydrogen) atoms. The Bertz CT molecular complexity index is 2870. The molecule has 8 aromatic carbocycles. The van der Waals surface area contributed by atoms with Gasteiger partial charge in [-0.3, -0.25) is 0 Å². The van der Waals surface area contributed by atoms with Gasteiger partial charge in [0.25, 0.3) is 0 Å². The SMILES string of the molecule is c1ccc(-c2nc(-c3ccc(-c4ccc5c(c4)oc4ccccc45)cc3)cc(-c3c4ccccc4cc4ccc5ccccc5c34)n2)cc1. The Hall–Kier alpha value is -6.58. The van der Waals surface area contributed by atoms with Gasteiger partial charge >= 0.3 is 0 Å². The van der Waals surface area contributed by atoms with E-state index in [9.17, 15) is 0 Å². The van der Waals surface area contributed by atoms with Crippen LogP contribution >= 0.6 is 0 Å². The van der Waals surface area contributed by atoms with Crippen molar-refractivity contribution in [3.8, 4) is 45.0 Å². The fourth-order valence-corrected chi connectivity index (χ4v) is 7.28. The number of nitrogens with zero attached hydrogens (tertiary/aromatic N) is 2. The van der Waals surface area contributed by atoms with Crippen LogP contribution in [0.3, 0.4) is 0 Å². The summed E-state index contributed by atoms with van der Waals surface area (Å²) in [5.41, 5.74) is 8.96. The lowest BCUT2D eigenvalue weighted by Crippen LogP contribution is -1.97. The highest BCUT2D eigenvalue weighted by Gasteiger charge is 2.18. The van der Waals surface area contributed by atoms with Crippen LogP contribution in [0.4, 0.5) is 0 Å². The van der Waals surface area contributed by atoms with Gasteiger partial charge in [-0.15, -0.1) is 0 Å². The van der Waals surface area contributed by atoms with Crippen molar-refractivity contribution < 1.29 is 4.42 Å². The minimum Gasteiger partial charge on any atom is -0.456 e. The molecule has 0 amide bonds. The van der Waals surface area contributed by atoms with Crippen molar-refractivity contribution in [2.75, 3.05) is 0 Å². The third kappa shape index (κ3) is 4.59. The second-order valence-electron chi connectivity index (χ2n) is 12.6. The van der Waals surface area contributed by atoms with Crippen LogP contribution in [0.1, 0.15) is 0 Å². The van der Waals surface area contributed by atoms with Crippen LogP contribution in [-0.4, -0.2) is 9.97 Å². The normalized spacial score (nSPS) is 11.7. The molecule has 10 aromatic rings. The van der Waals surface area contributed by atoms with E-state index in [4.69, 9.17) is 14.4 Å². The molecule has 0 N–H and O–H groups in total. The van der Waals surface area contributed by atoms with E-state index in [0.717, 1.165) is 61.1 Å². The first kappa shape index (κ1) is 27.5. The second-order valence-corrected chi connectivity index (χ2v) is 12.6. The highest BCUT2D eigenvalue weighted by atomic mass is 16.3. The number of benzene rings is 8. The summed E-state index contributed by atoms with van der Waals surface area (Å²) in [7, 11) is 0. The summed E-state index contributed by atoms with van der Waals surface area (Å²) in [5, 5.41) is 9.45. The smallest absolute Gasteiger partial charge is 0.160 e. The summed E-state index contributed by atoms with van der Waals surface area (Å²) in [4.78, 5) is 10.5. The van der Waals surface area contributed by atoms with E-state index in [-0.39, 0.29) is 0 Å². The van der Waals surface area contributed by atoms with E-state index in [1.807, 2.05) is 30.3 Å². The Kier molecular flexibility index (Phi) is 6.18. The molecule has 3 nitrogen and oxygen atoms in total. The quantitative estimate of drug-likeness (QED) is 0.144. The first-order chi connectivity index (χ1) is 24.3. The zero-order chi connectivity index (χ0) is 32.3. The van der Waals surface area contributed by atoms with Gasteiger partial charge in [0.15, 0.2) is 5.82 Å². The highest BCUT2D eigenvalue weighted by Crippen LogP contribution is 2.41. The second kappa shape index (κ2) is 11.0. The fourth-order valence-electron chi connectivity index (χ4n) is 7.28. The van der Waals surface area contributed by atoms with E-state index >= 15 is 0 Å². The van der Waals surface area contributed by atoms with Gasteiger partial charge in [-0.1, -0.05) is 140 Å². The molecule has 0 radical (unpaired) electrons. The Labute approximate surface area is 282 Å². The molecule has 0 aliphatic rings. The standard InChI is InChI=1S/C46H28N2O/c1-2-11-32(12-3-1)46-47-40(31-21-18-29(19-22-31)33-24-25-39-38-16-8-9-17-42(38)49-43(39)27-33)28-41(48-46)45-37-15-7-5-13-34(37)26-35-23-20-30-10-4-6-14-36(30)44(35)45/h1-28H. The minimum atomic E-state index is 0.703. The van der Waals surface area contributed by atoms with Gasteiger partial charge in [0.05, 0.1) is 11.4 Å². The molecule has 0 saturated heterocycles. The number of rotatable bonds is 4. The molecule has 0 bridgehead atoms. The molecule has 0 saturated carbocycles. The van der Waals surface area contributed by atoms with Crippen molar-refractivity contribution in [1.82, 2.24) is 9.97 Å². The average Bonchev–Trinajstić information content (AvgIpc) is 3.55. The van der Waals surface area contributed by atoms with Crippen molar-refractivity contribution in [3.05, 3.63) is 170 Å². The van der Waals surface area contributed by atoms with Crippen molar-refractivity contribution >= 4 is 54.3 Å². The topological polar surface area (TPSA) is 38.9 Å². The van der Waals surface area contributed by atoms with E-state index in [1.54, 1.807) is 0 Å². The van der Waals surface area contributed by atoms with Gasteiger partial charge in [0.1, 0.15) is 11.2 Å². The number of hydrogen-bond acceptors (Lipinski definition) is 3. The van der Waals surface area contributed by atoms with Crippen LogP contribution in [0.15, 0.2) is 174 Å². The van der Waals surface area contributed by atoms with Crippen LogP contribution in [0.2, 0.25) is 0 Å². The third-order valence-electron chi connectivity index (χ3n) is 9.66. The van der Waals surface area contributed by atoms with E-state index in [0.29, 0.717) is 5.82 Å². The van der Waals surface area contributed by atoms with Crippen LogP contribution in [0, 0.1) is 0 Å². The Morgan fingerprint density at radius 2 is 0.980 bits per heavy atom. The maximum Gasteiger partial charge on any atom is 0.160 e. The zero-order valence-corrected chi connectivity index (χ0v) is 26.5. The molecule has 0 aliphatic heterocycles. The third-order valence-corrected chi connectivity index (χ3v) is 9.66. The lowest BCUT2D eigenvalue weighted by molar-refractivity contribution is 0.669. The van der Waals surface area contributed by atoms with Crippen LogP contribution in [-0.2, 0) is 0 Å². The summed E-state index contributed by atoms with van der Waals surface area (Å²) >= 11 is 0. The number of fused-ring (bicyclic) bond motifs is 7. The van der Waals surface area contributed by atoms with Crippen molar-refractivity contribution in [2.45, 2.75) is 0 Å². The summed E-state index contributed by atoms with van der Waals surface area (Å²) in [6.45, 7) is 0. The molecule has 0 fully saturated rings. The van der Waals surface area contributed by atoms with E-state index < -0.39 is 0 Å². The van der Waals surface area contributed by atoms with Crippen molar-refractivity contribution in [2.24, 2.45) is 0 Å². The molecule has 0 atom stereocenters. The number of aromatic nitrogens is 2. The average molecular weight is 625 g/mol. The Balaban J connectivity index is 1.17. The zero-order valence-electron chi connectivity index (χ0n) is 26.5.